The van der Waals surface area contributed by atoms with Crippen LogP contribution in [0.15, 0.2) is 53.6 Å². The number of aryl methyl sites for hydroxylation is 1. The Morgan fingerprint density at radius 1 is 1.03 bits per heavy atom. The first kappa shape index (κ1) is 21.4. The molecule has 1 amide bonds. The number of fused-ring (bicyclic) bond motifs is 1. The Morgan fingerprint density at radius 3 is 2.61 bits per heavy atom. The zero-order valence-corrected chi connectivity index (χ0v) is 18.8. The summed E-state index contributed by atoms with van der Waals surface area (Å²) in [5.41, 5.74) is 2.71. The lowest BCUT2D eigenvalue weighted by Gasteiger charge is -2.28. The third-order valence-corrected chi connectivity index (χ3v) is 6.66. The summed E-state index contributed by atoms with van der Waals surface area (Å²) in [6.07, 6.45) is 9.37. The molecule has 8 nitrogen and oxygen atoms in total. The number of aromatic nitrogens is 4. The third-order valence-electron chi connectivity index (χ3n) is 6.66. The fourth-order valence-electron chi connectivity index (χ4n) is 4.78. The van der Waals surface area contributed by atoms with Crippen LogP contribution in [0.25, 0.3) is 0 Å². The van der Waals surface area contributed by atoms with Gasteiger partial charge in [0.05, 0.1) is 6.54 Å². The van der Waals surface area contributed by atoms with Crippen LogP contribution in [-0.4, -0.2) is 44.4 Å². The minimum Gasteiger partial charge on any atom is -0.372 e. The van der Waals surface area contributed by atoms with Crippen LogP contribution in [0.3, 0.4) is 0 Å². The molecule has 0 saturated carbocycles. The summed E-state index contributed by atoms with van der Waals surface area (Å²) in [5, 5.41) is 7.72. The first-order valence-corrected chi connectivity index (χ1v) is 11.9. The Morgan fingerprint density at radius 2 is 1.85 bits per heavy atom. The van der Waals surface area contributed by atoms with E-state index in [0.717, 1.165) is 30.9 Å². The molecule has 1 fully saturated rings. The lowest BCUT2D eigenvalue weighted by Crippen LogP contribution is -2.36. The van der Waals surface area contributed by atoms with Crippen LogP contribution >= 0.6 is 0 Å². The molecule has 1 unspecified atom stereocenters. The number of benzene rings is 1. The van der Waals surface area contributed by atoms with Crippen LogP contribution in [0.4, 0.5) is 5.69 Å². The molecule has 4 heterocycles. The highest BCUT2D eigenvalue weighted by atomic mass is 16.2. The molecular weight excluding hydrogens is 416 g/mol. The number of pyridine rings is 1. The molecule has 0 spiro atoms. The summed E-state index contributed by atoms with van der Waals surface area (Å²) in [4.78, 5) is 32.2. The van der Waals surface area contributed by atoms with Gasteiger partial charge in [0, 0.05) is 55.7 Å². The average molecular weight is 447 g/mol. The van der Waals surface area contributed by atoms with E-state index < -0.39 is 0 Å². The van der Waals surface area contributed by atoms with Crippen molar-refractivity contribution in [3.63, 3.8) is 0 Å². The van der Waals surface area contributed by atoms with E-state index in [1.807, 2.05) is 36.4 Å². The molecule has 1 N–H and O–H groups in total. The summed E-state index contributed by atoms with van der Waals surface area (Å²) in [6, 6.07) is 11.7. The number of carbonyl (C=O) groups is 1. The maximum Gasteiger partial charge on any atom is 0.346 e. The number of nitrogens with zero attached hydrogens (tertiary/aromatic N) is 5. The molecule has 0 radical (unpaired) electrons. The van der Waals surface area contributed by atoms with Gasteiger partial charge in [0.2, 0.25) is 0 Å². The zero-order valence-electron chi connectivity index (χ0n) is 18.8. The molecule has 1 saturated heterocycles. The van der Waals surface area contributed by atoms with Crippen molar-refractivity contribution in [1.82, 2.24) is 24.6 Å². The van der Waals surface area contributed by atoms with Gasteiger partial charge in [-0.15, -0.1) is 0 Å². The van der Waals surface area contributed by atoms with Gasteiger partial charge in [-0.25, -0.2) is 9.48 Å². The van der Waals surface area contributed by atoms with Gasteiger partial charge >= 0.3 is 5.69 Å². The molecule has 8 heteroatoms. The molecule has 2 aliphatic heterocycles. The maximum atomic E-state index is 12.8. The van der Waals surface area contributed by atoms with E-state index in [0.29, 0.717) is 31.5 Å². The molecule has 3 aromatic rings. The normalized spacial score (nSPS) is 18.4. The lowest BCUT2D eigenvalue weighted by molar-refractivity contribution is 0.0933. The van der Waals surface area contributed by atoms with E-state index in [-0.39, 0.29) is 17.6 Å². The van der Waals surface area contributed by atoms with E-state index in [2.05, 4.69) is 20.3 Å². The number of amides is 1. The number of carbonyl (C=O) groups excluding carboxylic acids is 1. The van der Waals surface area contributed by atoms with Crippen LogP contribution in [0.5, 0.6) is 0 Å². The van der Waals surface area contributed by atoms with E-state index in [1.54, 1.807) is 17.0 Å². The minimum absolute atomic E-state index is 0.0205. The van der Waals surface area contributed by atoms with Crippen LogP contribution in [0.1, 0.15) is 53.8 Å². The lowest BCUT2D eigenvalue weighted by atomic mass is 10.1. The van der Waals surface area contributed by atoms with Crippen molar-refractivity contribution in [1.29, 1.82) is 0 Å². The van der Waals surface area contributed by atoms with Crippen molar-refractivity contribution in [2.45, 2.75) is 57.7 Å². The quantitative estimate of drug-likeness (QED) is 0.651. The number of hydrogen-bond acceptors (Lipinski definition) is 5. The molecule has 33 heavy (non-hydrogen) atoms. The van der Waals surface area contributed by atoms with E-state index in [4.69, 9.17) is 0 Å². The van der Waals surface area contributed by atoms with Gasteiger partial charge in [0.25, 0.3) is 5.91 Å². The van der Waals surface area contributed by atoms with Crippen molar-refractivity contribution < 1.29 is 4.79 Å². The molecule has 0 bridgehead atoms. The Bertz CT molecular complexity index is 1150. The summed E-state index contributed by atoms with van der Waals surface area (Å²) in [7, 11) is 0. The van der Waals surface area contributed by atoms with Crippen molar-refractivity contribution in [3.05, 3.63) is 76.2 Å². The average Bonchev–Trinajstić information content (AvgIpc) is 3.02. The first-order valence-electron chi connectivity index (χ1n) is 11.9. The first-order chi connectivity index (χ1) is 16.2. The smallest absolute Gasteiger partial charge is 0.346 e. The number of rotatable bonds is 5. The molecule has 0 aliphatic carbocycles. The Hall–Kier alpha value is -3.42. The molecular formula is C25H30N6O2. The van der Waals surface area contributed by atoms with E-state index in [9.17, 15) is 9.59 Å². The van der Waals surface area contributed by atoms with Gasteiger partial charge in [-0.2, -0.15) is 5.10 Å². The molecule has 1 aromatic carbocycles. The van der Waals surface area contributed by atoms with Gasteiger partial charge in [0.15, 0.2) is 0 Å². The van der Waals surface area contributed by atoms with E-state index >= 15 is 0 Å². The van der Waals surface area contributed by atoms with Crippen molar-refractivity contribution in [2.75, 3.05) is 18.0 Å². The second-order valence-electron chi connectivity index (χ2n) is 8.96. The minimum atomic E-state index is -0.103. The van der Waals surface area contributed by atoms with Crippen LogP contribution in [0, 0.1) is 0 Å². The topological polar surface area (TPSA) is 85.0 Å². The molecule has 2 aliphatic rings. The maximum absolute atomic E-state index is 12.8. The second kappa shape index (κ2) is 9.60. The highest BCUT2D eigenvalue weighted by Crippen LogP contribution is 2.20. The molecule has 1 atom stereocenters. The SMILES string of the molecule is O=C(NC1CCc2nn(Cc3cccnc3)c(=O)n2CC1)c1ccc(N2CCCCC2)cc1. The van der Waals surface area contributed by atoms with Gasteiger partial charge in [-0.3, -0.25) is 14.3 Å². The van der Waals surface area contributed by atoms with Gasteiger partial charge in [-0.1, -0.05) is 6.07 Å². The fourth-order valence-corrected chi connectivity index (χ4v) is 4.78. The van der Waals surface area contributed by atoms with Crippen molar-refractivity contribution in [3.8, 4) is 0 Å². The summed E-state index contributed by atoms with van der Waals surface area (Å²) in [6.45, 7) is 3.15. The van der Waals surface area contributed by atoms with Crippen LogP contribution in [0.2, 0.25) is 0 Å². The summed E-state index contributed by atoms with van der Waals surface area (Å²) >= 11 is 0. The van der Waals surface area contributed by atoms with Crippen LogP contribution < -0.4 is 15.9 Å². The highest BCUT2D eigenvalue weighted by Gasteiger charge is 2.22. The predicted octanol–water partition coefficient (Wildman–Crippen LogP) is 2.61. The Kier molecular flexibility index (Phi) is 6.24. The van der Waals surface area contributed by atoms with E-state index in [1.165, 1.54) is 29.6 Å². The number of piperidine rings is 1. The zero-order chi connectivity index (χ0) is 22.6. The van der Waals surface area contributed by atoms with Gasteiger partial charge < -0.3 is 10.2 Å². The molecule has 172 valence electrons. The summed E-state index contributed by atoms with van der Waals surface area (Å²) in [5.74, 6) is 0.727. The van der Waals surface area contributed by atoms with Gasteiger partial charge in [-0.05, 0) is 68.0 Å². The Balaban J connectivity index is 1.19. The van der Waals surface area contributed by atoms with Crippen molar-refractivity contribution >= 4 is 11.6 Å². The standard InChI is InChI=1S/C25H30N6O2/c32-24(20-6-9-22(10-7-20)29-14-2-1-3-15-29)27-21-8-11-23-28-31(25(33)30(23)16-12-21)18-19-5-4-13-26-17-19/h4-7,9-10,13,17,21H,1-3,8,11-12,14-16,18H2,(H,27,32). The molecule has 2 aromatic heterocycles. The third kappa shape index (κ3) is 4.84. The summed E-state index contributed by atoms with van der Waals surface area (Å²) < 4.78 is 3.26. The van der Waals surface area contributed by atoms with Gasteiger partial charge in [0.1, 0.15) is 5.82 Å². The Labute approximate surface area is 193 Å². The fraction of sp³-hybridized carbons (Fsp3) is 0.440. The molecule has 5 rings (SSSR count). The number of anilines is 1. The number of nitrogens with one attached hydrogen (secondary N) is 1. The highest BCUT2D eigenvalue weighted by molar-refractivity contribution is 5.94. The predicted molar refractivity (Wildman–Crippen MR) is 127 cm³/mol. The monoisotopic (exact) mass is 446 g/mol. The van der Waals surface area contributed by atoms with Crippen LogP contribution in [-0.2, 0) is 19.5 Å². The largest absolute Gasteiger partial charge is 0.372 e. The van der Waals surface area contributed by atoms with Crippen molar-refractivity contribution in [2.24, 2.45) is 0 Å². The second-order valence-corrected chi connectivity index (χ2v) is 8.96. The number of hydrogen-bond donors (Lipinski definition) is 1.